The van der Waals surface area contributed by atoms with E-state index in [9.17, 15) is 0 Å². The fraction of sp³-hybridized carbons (Fsp3) is 0.200. The Morgan fingerprint density at radius 1 is 1.23 bits per heavy atom. The van der Waals surface area contributed by atoms with E-state index in [1.54, 1.807) is 0 Å². The topological polar surface area (TPSA) is 18.5 Å². The normalized spacial score (nSPS) is 14.9. The number of benzene rings is 1. The quantitative estimate of drug-likeness (QED) is 0.608. The Hall–Kier alpha value is -1.38. The molecule has 66 valence electrons. The third-order valence-electron chi connectivity index (χ3n) is 2.14. The van der Waals surface area contributed by atoms with E-state index in [2.05, 4.69) is 0 Å². The zero-order valence-electron chi connectivity index (χ0n) is 7.78. The van der Waals surface area contributed by atoms with Crippen molar-refractivity contribution in [1.29, 1.82) is 0 Å². The van der Waals surface area contributed by atoms with Crippen molar-refractivity contribution in [2.24, 2.45) is 0 Å². The first-order chi connectivity index (χ1) is 6.31. The molecule has 0 atom stereocenters. The van der Waals surface area contributed by atoms with Crippen LogP contribution in [0.15, 0.2) is 35.8 Å². The molecule has 0 bridgehead atoms. The van der Waals surface area contributed by atoms with E-state index in [1.165, 1.54) is 0 Å². The Morgan fingerprint density at radius 3 is 2.23 bits per heavy atom. The smallest absolute Gasteiger partial charge is 0.519 e. The van der Waals surface area contributed by atoms with Crippen LogP contribution in [0.1, 0.15) is 13.8 Å². The van der Waals surface area contributed by atoms with Crippen molar-refractivity contribution in [2.75, 3.05) is 0 Å². The highest BCUT2D eigenvalue weighted by atomic mass is 16.6. The molecule has 2 nitrogen and oxygen atoms in total. The van der Waals surface area contributed by atoms with Gasteiger partial charge in [0.25, 0.3) is 0 Å². The highest BCUT2D eigenvalue weighted by Crippen LogP contribution is 2.33. The highest BCUT2D eigenvalue weighted by molar-refractivity contribution is 6.56. The van der Waals surface area contributed by atoms with Crippen molar-refractivity contribution in [3.63, 3.8) is 0 Å². The number of para-hydroxylation sites is 2. The molecule has 0 amide bonds. The van der Waals surface area contributed by atoms with Crippen LogP contribution >= 0.6 is 0 Å². The van der Waals surface area contributed by atoms with Gasteiger partial charge in [-0.25, -0.2) is 0 Å². The SMILES string of the molecule is C/C=C(\C)B1Oc2ccccc2O1. The van der Waals surface area contributed by atoms with Crippen LogP contribution in [0.3, 0.4) is 0 Å². The van der Waals surface area contributed by atoms with Crippen LogP contribution in [0.2, 0.25) is 0 Å². The van der Waals surface area contributed by atoms with Crippen LogP contribution in [0.4, 0.5) is 0 Å². The summed E-state index contributed by atoms with van der Waals surface area (Å²) in [7, 11) is -0.234. The molecule has 0 radical (unpaired) electrons. The van der Waals surface area contributed by atoms with Gasteiger partial charge in [-0.05, 0) is 31.5 Å². The minimum Gasteiger partial charge on any atom is -0.519 e. The lowest BCUT2D eigenvalue weighted by molar-refractivity contribution is 0.511. The third kappa shape index (κ3) is 1.42. The summed E-state index contributed by atoms with van der Waals surface area (Å²) in [5.74, 6) is 1.66. The van der Waals surface area contributed by atoms with Gasteiger partial charge >= 0.3 is 7.12 Å². The fourth-order valence-electron chi connectivity index (χ4n) is 1.22. The molecule has 13 heavy (non-hydrogen) atoms. The third-order valence-corrected chi connectivity index (χ3v) is 2.14. The summed E-state index contributed by atoms with van der Waals surface area (Å²) in [4.78, 5) is 0. The van der Waals surface area contributed by atoms with E-state index in [0.717, 1.165) is 17.0 Å². The minimum atomic E-state index is -0.234. The molecule has 1 heterocycles. The van der Waals surface area contributed by atoms with Gasteiger partial charge in [0.15, 0.2) is 0 Å². The molecular weight excluding hydrogens is 163 g/mol. The maximum atomic E-state index is 5.57. The molecule has 1 aliphatic rings. The van der Waals surface area contributed by atoms with Crippen LogP contribution < -0.4 is 9.31 Å². The van der Waals surface area contributed by atoms with Gasteiger partial charge < -0.3 is 9.31 Å². The Bertz CT molecular complexity index is 322. The molecule has 1 aliphatic heterocycles. The van der Waals surface area contributed by atoms with Crippen molar-refractivity contribution in [3.8, 4) is 11.5 Å². The van der Waals surface area contributed by atoms with Crippen LogP contribution in [0, 0.1) is 0 Å². The first-order valence-corrected chi connectivity index (χ1v) is 4.36. The lowest BCUT2D eigenvalue weighted by Crippen LogP contribution is -2.26. The molecular formula is C10H11BO2. The molecule has 0 unspecified atom stereocenters. The molecule has 2 rings (SSSR count). The largest absolute Gasteiger partial charge is 0.627 e. The molecule has 0 fully saturated rings. The van der Waals surface area contributed by atoms with E-state index in [4.69, 9.17) is 9.31 Å². The Labute approximate surface area is 78.3 Å². The van der Waals surface area contributed by atoms with E-state index in [0.29, 0.717) is 0 Å². The molecule has 0 aromatic heterocycles. The summed E-state index contributed by atoms with van der Waals surface area (Å²) in [5.41, 5.74) is 1.09. The Morgan fingerprint density at radius 2 is 1.77 bits per heavy atom. The molecule has 0 saturated carbocycles. The second kappa shape index (κ2) is 3.17. The predicted octanol–water partition coefficient (Wildman–Crippen LogP) is 2.45. The molecule has 0 aliphatic carbocycles. The highest BCUT2D eigenvalue weighted by Gasteiger charge is 2.32. The molecule has 0 spiro atoms. The first kappa shape index (κ1) is 8.23. The average Bonchev–Trinajstić information content (AvgIpc) is 2.59. The van der Waals surface area contributed by atoms with Gasteiger partial charge in [0, 0.05) is 0 Å². The van der Waals surface area contributed by atoms with Gasteiger partial charge in [-0.15, -0.1) is 0 Å². The lowest BCUT2D eigenvalue weighted by Gasteiger charge is -2.02. The monoisotopic (exact) mass is 174 g/mol. The van der Waals surface area contributed by atoms with Crippen LogP contribution in [0.5, 0.6) is 11.5 Å². The fourth-order valence-corrected chi connectivity index (χ4v) is 1.22. The van der Waals surface area contributed by atoms with E-state index in [1.807, 2.05) is 44.2 Å². The van der Waals surface area contributed by atoms with Crippen molar-refractivity contribution in [1.82, 2.24) is 0 Å². The van der Waals surface area contributed by atoms with E-state index in [-0.39, 0.29) is 7.12 Å². The van der Waals surface area contributed by atoms with Crippen molar-refractivity contribution < 1.29 is 9.31 Å². The van der Waals surface area contributed by atoms with E-state index >= 15 is 0 Å². The summed E-state index contributed by atoms with van der Waals surface area (Å²) in [5, 5.41) is 0. The molecule has 0 N–H and O–H groups in total. The summed E-state index contributed by atoms with van der Waals surface area (Å²) < 4.78 is 11.1. The summed E-state index contributed by atoms with van der Waals surface area (Å²) >= 11 is 0. The second-order valence-electron chi connectivity index (χ2n) is 3.05. The lowest BCUT2D eigenvalue weighted by atomic mass is 9.80. The molecule has 1 aromatic carbocycles. The van der Waals surface area contributed by atoms with Crippen LogP contribution in [0.25, 0.3) is 0 Å². The van der Waals surface area contributed by atoms with Crippen molar-refractivity contribution in [3.05, 3.63) is 35.8 Å². The molecule has 1 aromatic rings. The van der Waals surface area contributed by atoms with Crippen molar-refractivity contribution in [2.45, 2.75) is 13.8 Å². The van der Waals surface area contributed by atoms with Crippen molar-refractivity contribution >= 4 is 7.12 Å². The van der Waals surface area contributed by atoms with Crippen LogP contribution in [-0.4, -0.2) is 7.12 Å². The van der Waals surface area contributed by atoms with Gasteiger partial charge in [0.05, 0.1) is 0 Å². The second-order valence-corrected chi connectivity index (χ2v) is 3.05. The number of hydrogen-bond acceptors (Lipinski definition) is 2. The summed E-state index contributed by atoms with van der Waals surface area (Å²) in [6.45, 7) is 3.97. The average molecular weight is 174 g/mol. The first-order valence-electron chi connectivity index (χ1n) is 4.36. The summed E-state index contributed by atoms with van der Waals surface area (Å²) in [6, 6.07) is 7.71. The molecule has 0 saturated heterocycles. The number of hydrogen-bond donors (Lipinski definition) is 0. The van der Waals surface area contributed by atoms with Gasteiger partial charge in [-0.3, -0.25) is 0 Å². The maximum Gasteiger partial charge on any atom is 0.627 e. The van der Waals surface area contributed by atoms with Gasteiger partial charge in [-0.2, -0.15) is 0 Å². The number of rotatable bonds is 1. The van der Waals surface area contributed by atoms with Gasteiger partial charge in [0.1, 0.15) is 11.5 Å². The standard InChI is InChI=1S/C10H11BO2/c1-3-8(2)11-12-9-6-4-5-7-10(9)13-11/h3-7H,1-2H3/b8-3+. The maximum absolute atomic E-state index is 5.57. The Kier molecular flexibility index (Phi) is 2.01. The van der Waals surface area contributed by atoms with E-state index < -0.39 is 0 Å². The summed E-state index contributed by atoms with van der Waals surface area (Å²) in [6.07, 6.45) is 2.00. The number of allylic oxidation sites excluding steroid dienone is 2. The number of fused-ring (bicyclic) bond motifs is 1. The van der Waals surface area contributed by atoms with Gasteiger partial charge in [0.2, 0.25) is 0 Å². The van der Waals surface area contributed by atoms with Crippen LogP contribution in [-0.2, 0) is 0 Å². The zero-order chi connectivity index (χ0) is 9.26. The minimum absolute atomic E-state index is 0.234. The zero-order valence-corrected chi connectivity index (χ0v) is 7.78. The van der Waals surface area contributed by atoms with Gasteiger partial charge in [-0.1, -0.05) is 18.2 Å². The predicted molar refractivity (Wildman–Crippen MR) is 52.9 cm³/mol. The molecule has 3 heteroatoms. The Balaban J connectivity index is 2.23.